The molecule has 1 fully saturated rings. The van der Waals surface area contributed by atoms with E-state index in [0.29, 0.717) is 0 Å². The van der Waals surface area contributed by atoms with Crippen LogP contribution in [0.25, 0.3) is 0 Å². The minimum atomic E-state index is -2.16. The molecular weight excluding hydrogens is 340 g/mol. The summed E-state index contributed by atoms with van der Waals surface area (Å²) in [6.07, 6.45) is -1.95. The van der Waals surface area contributed by atoms with Gasteiger partial charge in [0.25, 0.3) is 0 Å². The van der Waals surface area contributed by atoms with Crippen LogP contribution < -0.4 is 0 Å². The van der Waals surface area contributed by atoms with Crippen LogP contribution in [0, 0.1) is 0 Å². The molecule has 3 atom stereocenters. The molecule has 24 heavy (non-hydrogen) atoms. The smallest absolute Gasteiger partial charge is 0.337 e. The maximum Gasteiger partial charge on any atom is 0.337 e. The highest BCUT2D eigenvalue weighted by atomic mass is 28.4. The van der Waals surface area contributed by atoms with Gasteiger partial charge in [-0.05, 0) is 36.3 Å². The van der Waals surface area contributed by atoms with Crippen molar-refractivity contribution < 1.29 is 23.5 Å². The molecule has 0 aromatic carbocycles. The Bertz CT molecular complexity index is 463. The zero-order valence-corrected chi connectivity index (χ0v) is 19.0. The molecule has 1 heterocycles. The standard InChI is InChI=1S/C17H36O5Si2/c1-16(2,3)23(7,8)21-13-12(11-18)20-15(19)14(13)22-24(9,10)17(4,5)6/h12-14,18H,11H2,1-10H3/t12-,13-,14+/m0/s1. The minimum absolute atomic E-state index is 0.000166. The Morgan fingerprint density at radius 1 is 0.958 bits per heavy atom. The van der Waals surface area contributed by atoms with Crippen molar-refractivity contribution in [3.63, 3.8) is 0 Å². The van der Waals surface area contributed by atoms with Gasteiger partial charge in [0, 0.05) is 0 Å². The van der Waals surface area contributed by atoms with Gasteiger partial charge in [0.2, 0.25) is 0 Å². The monoisotopic (exact) mass is 376 g/mol. The van der Waals surface area contributed by atoms with Gasteiger partial charge in [0.05, 0.1) is 6.61 Å². The summed E-state index contributed by atoms with van der Waals surface area (Å²) in [5.74, 6) is -0.414. The number of hydrogen-bond donors (Lipinski definition) is 1. The predicted molar refractivity (Wildman–Crippen MR) is 101 cm³/mol. The summed E-state index contributed by atoms with van der Waals surface area (Å²) in [5, 5.41) is 9.62. The summed E-state index contributed by atoms with van der Waals surface area (Å²) in [7, 11) is -4.29. The normalized spacial score (nSPS) is 26.6. The number of aliphatic hydroxyl groups excluding tert-OH is 1. The Kier molecular flexibility index (Phi) is 6.21. The van der Waals surface area contributed by atoms with Gasteiger partial charge < -0.3 is 18.7 Å². The lowest BCUT2D eigenvalue weighted by molar-refractivity contribution is -0.147. The van der Waals surface area contributed by atoms with E-state index < -0.39 is 40.9 Å². The molecule has 1 N–H and O–H groups in total. The molecule has 0 bridgehead atoms. The number of rotatable bonds is 5. The number of aliphatic hydroxyl groups is 1. The number of ether oxygens (including phenoxy) is 1. The lowest BCUT2D eigenvalue weighted by Crippen LogP contribution is -2.53. The number of carbonyl (C=O) groups excluding carboxylic acids is 1. The van der Waals surface area contributed by atoms with E-state index in [2.05, 4.69) is 67.7 Å². The van der Waals surface area contributed by atoms with Crippen LogP contribution in [0.15, 0.2) is 0 Å². The van der Waals surface area contributed by atoms with Gasteiger partial charge in [-0.3, -0.25) is 0 Å². The first-order chi connectivity index (χ1) is 10.5. The molecule has 1 aliphatic rings. The van der Waals surface area contributed by atoms with E-state index in [0.717, 1.165) is 0 Å². The molecule has 0 spiro atoms. The summed E-state index contributed by atoms with van der Waals surface area (Å²) >= 11 is 0. The van der Waals surface area contributed by atoms with E-state index in [1.807, 2.05) is 0 Å². The maximum absolute atomic E-state index is 12.4. The first-order valence-corrected chi connectivity index (χ1v) is 14.5. The number of cyclic esters (lactones) is 1. The average Bonchev–Trinajstić information content (AvgIpc) is 2.63. The molecule has 0 radical (unpaired) electrons. The molecule has 7 heteroatoms. The molecule has 142 valence electrons. The predicted octanol–water partition coefficient (Wildman–Crippen LogP) is 3.68. The van der Waals surface area contributed by atoms with Crippen LogP contribution in [-0.2, 0) is 18.4 Å². The quantitative estimate of drug-likeness (QED) is 0.585. The van der Waals surface area contributed by atoms with Gasteiger partial charge in [0.1, 0.15) is 6.10 Å². The first kappa shape index (κ1) is 21.8. The van der Waals surface area contributed by atoms with Crippen LogP contribution in [0.4, 0.5) is 0 Å². The van der Waals surface area contributed by atoms with Crippen LogP contribution in [0.3, 0.4) is 0 Å². The second-order valence-corrected chi connectivity index (χ2v) is 19.3. The molecule has 1 saturated heterocycles. The molecule has 5 nitrogen and oxygen atoms in total. The zero-order chi connectivity index (χ0) is 19.1. The average molecular weight is 377 g/mol. The van der Waals surface area contributed by atoms with E-state index in [1.165, 1.54) is 0 Å². The van der Waals surface area contributed by atoms with E-state index in [-0.39, 0.29) is 16.7 Å². The molecule has 1 rings (SSSR count). The highest BCUT2D eigenvalue weighted by molar-refractivity contribution is 6.74. The second-order valence-electron chi connectivity index (χ2n) is 9.80. The van der Waals surface area contributed by atoms with Crippen molar-refractivity contribution in [1.29, 1.82) is 0 Å². The number of esters is 1. The van der Waals surface area contributed by atoms with Gasteiger partial charge in [-0.1, -0.05) is 41.5 Å². The van der Waals surface area contributed by atoms with Crippen LogP contribution in [0.5, 0.6) is 0 Å². The summed E-state index contributed by atoms with van der Waals surface area (Å²) in [5.41, 5.74) is 0. The maximum atomic E-state index is 12.4. The van der Waals surface area contributed by atoms with E-state index in [9.17, 15) is 9.90 Å². The van der Waals surface area contributed by atoms with Crippen molar-refractivity contribution in [2.45, 2.75) is 96.1 Å². The largest absolute Gasteiger partial charge is 0.455 e. The molecule has 1 aliphatic heterocycles. The van der Waals surface area contributed by atoms with Crippen molar-refractivity contribution in [3.8, 4) is 0 Å². The van der Waals surface area contributed by atoms with E-state index in [4.69, 9.17) is 13.6 Å². The minimum Gasteiger partial charge on any atom is -0.455 e. The van der Waals surface area contributed by atoms with Crippen LogP contribution in [0.1, 0.15) is 41.5 Å². The third-order valence-electron chi connectivity index (χ3n) is 5.81. The lowest BCUT2D eigenvalue weighted by Gasteiger charge is -2.42. The molecule has 0 amide bonds. The summed E-state index contributed by atoms with van der Waals surface area (Å²) in [4.78, 5) is 12.4. The molecule has 0 aromatic heterocycles. The van der Waals surface area contributed by atoms with Gasteiger partial charge in [-0.2, -0.15) is 0 Å². The van der Waals surface area contributed by atoms with Crippen molar-refractivity contribution in [2.24, 2.45) is 0 Å². The Labute approximate surface area is 149 Å². The van der Waals surface area contributed by atoms with Gasteiger partial charge in [-0.15, -0.1) is 0 Å². The highest BCUT2D eigenvalue weighted by Crippen LogP contribution is 2.42. The number of carbonyl (C=O) groups is 1. The summed E-state index contributed by atoms with van der Waals surface area (Å²) in [6, 6.07) is 0. The fourth-order valence-electron chi connectivity index (χ4n) is 2.02. The molecular formula is C17H36O5Si2. The highest BCUT2D eigenvalue weighted by Gasteiger charge is 2.53. The Hall–Kier alpha value is -0.216. The molecule has 0 aromatic rings. The third kappa shape index (κ3) is 4.49. The van der Waals surface area contributed by atoms with Crippen molar-refractivity contribution >= 4 is 22.6 Å². The SMILES string of the molecule is CC(C)(C)[Si](C)(C)O[C@H]1[C@H](CO)OC(=O)[C@@H]1O[Si](C)(C)C(C)(C)C. The Morgan fingerprint density at radius 2 is 1.38 bits per heavy atom. The molecule has 0 unspecified atom stereocenters. The lowest BCUT2D eigenvalue weighted by atomic mass is 10.1. The fourth-order valence-corrected chi connectivity index (χ4v) is 4.55. The van der Waals surface area contributed by atoms with Crippen LogP contribution >= 0.6 is 0 Å². The third-order valence-corrected chi connectivity index (χ3v) is 14.7. The fraction of sp³-hybridized carbons (Fsp3) is 0.941. The van der Waals surface area contributed by atoms with E-state index >= 15 is 0 Å². The topological polar surface area (TPSA) is 65.0 Å². The molecule has 0 aliphatic carbocycles. The zero-order valence-electron chi connectivity index (χ0n) is 17.0. The van der Waals surface area contributed by atoms with Gasteiger partial charge in [-0.25, -0.2) is 4.79 Å². The van der Waals surface area contributed by atoms with E-state index in [1.54, 1.807) is 0 Å². The second kappa shape index (κ2) is 6.83. The molecule has 0 saturated carbocycles. The summed E-state index contributed by atoms with van der Waals surface area (Å²) < 4.78 is 18.1. The Balaban J connectivity index is 3.10. The first-order valence-electron chi connectivity index (χ1n) is 8.70. The van der Waals surface area contributed by atoms with Crippen molar-refractivity contribution in [3.05, 3.63) is 0 Å². The van der Waals surface area contributed by atoms with Gasteiger partial charge >= 0.3 is 5.97 Å². The van der Waals surface area contributed by atoms with Crippen molar-refractivity contribution in [1.82, 2.24) is 0 Å². The van der Waals surface area contributed by atoms with Crippen molar-refractivity contribution in [2.75, 3.05) is 6.61 Å². The number of hydrogen-bond acceptors (Lipinski definition) is 5. The van der Waals surface area contributed by atoms with Gasteiger partial charge in [0.15, 0.2) is 28.8 Å². The summed E-state index contributed by atoms with van der Waals surface area (Å²) in [6.45, 7) is 21.1. The van der Waals surface area contributed by atoms with Crippen LogP contribution in [0.2, 0.25) is 36.3 Å². The Morgan fingerprint density at radius 3 is 1.75 bits per heavy atom. The van der Waals surface area contributed by atoms with Crippen LogP contribution in [-0.4, -0.2) is 52.6 Å².